The molecule has 0 aliphatic carbocycles. The van der Waals surface area contributed by atoms with Crippen molar-refractivity contribution in [3.05, 3.63) is 41.7 Å². The van der Waals surface area contributed by atoms with Gasteiger partial charge in [-0.3, -0.25) is 9.59 Å². The van der Waals surface area contributed by atoms with Crippen LogP contribution in [0.4, 0.5) is 4.39 Å². The lowest BCUT2D eigenvalue weighted by atomic mass is 9.98. The van der Waals surface area contributed by atoms with Crippen LogP contribution in [0.1, 0.15) is 29.3 Å². The fraction of sp³-hybridized carbons (Fsp3) is 0.375. The lowest BCUT2D eigenvalue weighted by Crippen LogP contribution is -2.42. The number of amides is 1. The minimum Gasteiger partial charge on any atom is -0.481 e. The summed E-state index contributed by atoms with van der Waals surface area (Å²) in [6, 6.07) is 5.71. The number of aryl methyl sites for hydroxylation is 1. The normalized spacial score (nSPS) is 17.8. The lowest BCUT2D eigenvalue weighted by Gasteiger charge is -2.29. The largest absolute Gasteiger partial charge is 0.481 e. The van der Waals surface area contributed by atoms with Gasteiger partial charge in [-0.2, -0.15) is 0 Å². The molecule has 2 aromatic rings. The number of piperidine rings is 1. The van der Waals surface area contributed by atoms with E-state index >= 15 is 0 Å². The number of halogens is 1. The van der Waals surface area contributed by atoms with E-state index in [4.69, 9.17) is 5.11 Å². The number of benzene rings is 1. The SMILES string of the molecule is Cc1nc(C(=O)N2CCCC(C(=O)O)C2)nn1-c1ccc(F)cc1. The Morgan fingerprint density at radius 1 is 1.29 bits per heavy atom. The van der Waals surface area contributed by atoms with Crippen LogP contribution in [0.25, 0.3) is 5.69 Å². The van der Waals surface area contributed by atoms with Crippen molar-refractivity contribution < 1.29 is 19.1 Å². The highest BCUT2D eigenvalue weighted by molar-refractivity contribution is 5.91. The predicted octanol–water partition coefficient (Wildman–Crippen LogP) is 1.65. The summed E-state index contributed by atoms with van der Waals surface area (Å²) in [7, 11) is 0. The van der Waals surface area contributed by atoms with Crippen molar-refractivity contribution in [2.45, 2.75) is 19.8 Å². The molecule has 126 valence electrons. The van der Waals surface area contributed by atoms with Crippen LogP contribution in [-0.4, -0.2) is 49.7 Å². The molecule has 1 aliphatic rings. The topological polar surface area (TPSA) is 88.3 Å². The van der Waals surface area contributed by atoms with E-state index in [-0.39, 0.29) is 24.1 Å². The Hall–Kier alpha value is -2.77. The van der Waals surface area contributed by atoms with Crippen LogP contribution in [0.2, 0.25) is 0 Å². The summed E-state index contributed by atoms with van der Waals surface area (Å²) in [5.74, 6) is -1.68. The molecular formula is C16H17FN4O3. The summed E-state index contributed by atoms with van der Waals surface area (Å²) in [6.45, 7) is 2.36. The van der Waals surface area contributed by atoms with Gasteiger partial charge in [0.05, 0.1) is 11.6 Å². The molecule has 0 radical (unpaired) electrons. The Labute approximate surface area is 137 Å². The van der Waals surface area contributed by atoms with Gasteiger partial charge in [-0.25, -0.2) is 14.1 Å². The van der Waals surface area contributed by atoms with Crippen LogP contribution in [0.3, 0.4) is 0 Å². The molecule has 2 heterocycles. The molecule has 1 N–H and O–H groups in total. The van der Waals surface area contributed by atoms with Gasteiger partial charge in [-0.15, -0.1) is 5.10 Å². The molecule has 1 aliphatic heterocycles. The van der Waals surface area contributed by atoms with Crippen molar-refractivity contribution in [1.82, 2.24) is 19.7 Å². The Morgan fingerprint density at radius 3 is 2.67 bits per heavy atom. The number of aliphatic carboxylic acids is 1. The van der Waals surface area contributed by atoms with Crippen molar-refractivity contribution in [3.8, 4) is 5.69 Å². The van der Waals surface area contributed by atoms with Crippen LogP contribution in [0, 0.1) is 18.7 Å². The first kappa shape index (κ1) is 16.1. The summed E-state index contributed by atoms with van der Waals surface area (Å²) in [5, 5.41) is 13.3. The van der Waals surface area contributed by atoms with Crippen molar-refractivity contribution in [2.75, 3.05) is 13.1 Å². The molecule has 1 aromatic carbocycles. The molecule has 0 spiro atoms. The minimum absolute atomic E-state index is 0.0165. The first-order valence-electron chi connectivity index (χ1n) is 7.67. The second-order valence-corrected chi connectivity index (χ2v) is 5.80. The Bertz CT molecular complexity index is 772. The average Bonchev–Trinajstić information content (AvgIpc) is 2.97. The molecule has 24 heavy (non-hydrogen) atoms. The van der Waals surface area contributed by atoms with E-state index in [1.807, 2.05) is 0 Å². The molecule has 1 aromatic heterocycles. The predicted molar refractivity (Wildman–Crippen MR) is 82.3 cm³/mol. The van der Waals surface area contributed by atoms with Gasteiger partial charge in [-0.05, 0) is 44.0 Å². The first-order valence-corrected chi connectivity index (χ1v) is 7.67. The van der Waals surface area contributed by atoms with Crippen LogP contribution in [-0.2, 0) is 4.79 Å². The van der Waals surface area contributed by atoms with Crippen LogP contribution in [0.15, 0.2) is 24.3 Å². The quantitative estimate of drug-likeness (QED) is 0.923. The van der Waals surface area contributed by atoms with Crippen LogP contribution in [0.5, 0.6) is 0 Å². The molecule has 3 rings (SSSR count). The van der Waals surface area contributed by atoms with E-state index in [1.165, 1.54) is 21.7 Å². The number of carboxylic acids is 1. The highest BCUT2D eigenvalue weighted by Crippen LogP contribution is 2.19. The Balaban J connectivity index is 1.82. The van der Waals surface area contributed by atoms with E-state index in [0.29, 0.717) is 30.9 Å². The number of nitrogens with zero attached hydrogens (tertiary/aromatic N) is 4. The van der Waals surface area contributed by atoms with E-state index < -0.39 is 11.9 Å². The number of carboxylic acid groups (broad SMARTS) is 1. The molecule has 0 saturated carbocycles. The van der Waals surface area contributed by atoms with Gasteiger partial charge in [0.1, 0.15) is 11.6 Å². The summed E-state index contributed by atoms with van der Waals surface area (Å²) >= 11 is 0. The maximum atomic E-state index is 13.0. The maximum Gasteiger partial charge on any atom is 0.308 e. The Morgan fingerprint density at radius 2 is 2.00 bits per heavy atom. The van der Waals surface area contributed by atoms with E-state index in [1.54, 1.807) is 19.1 Å². The molecule has 1 amide bonds. The van der Waals surface area contributed by atoms with E-state index in [0.717, 1.165) is 0 Å². The van der Waals surface area contributed by atoms with Crippen LogP contribution < -0.4 is 0 Å². The smallest absolute Gasteiger partial charge is 0.308 e. The van der Waals surface area contributed by atoms with Gasteiger partial charge in [0.25, 0.3) is 5.91 Å². The number of likely N-dealkylation sites (tertiary alicyclic amines) is 1. The fourth-order valence-electron chi connectivity index (χ4n) is 2.81. The van der Waals surface area contributed by atoms with Gasteiger partial charge in [0.2, 0.25) is 5.82 Å². The number of aromatic nitrogens is 3. The van der Waals surface area contributed by atoms with Crippen molar-refractivity contribution in [3.63, 3.8) is 0 Å². The molecular weight excluding hydrogens is 315 g/mol. The zero-order valence-electron chi connectivity index (χ0n) is 13.1. The third-order valence-corrected chi connectivity index (χ3v) is 4.09. The summed E-state index contributed by atoms with van der Waals surface area (Å²) in [4.78, 5) is 29.3. The molecule has 1 saturated heterocycles. The third-order valence-electron chi connectivity index (χ3n) is 4.09. The second-order valence-electron chi connectivity index (χ2n) is 5.80. The van der Waals surface area contributed by atoms with E-state index in [2.05, 4.69) is 10.1 Å². The zero-order valence-corrected chi connectivity index (χ0v) is 13.1. The van der Waals surface area contributed by atoms with Crippen molar-refractivity contribution in [1.29, 1.82) is 0 Å². The van der Waals surface area contributed by atoms with Gasteiger partial charge >= 0.3 is 5.97 Å². The molecule has 1 atom stereocenters. The second kappa shape index (κ2) is 6.38. The van der Waals surface area contributed by atoms with Gasteiger partial charge < -0.3 is 10.0 Å². The number of carbonyl (C=O) groups excluding carboxylic acids is 1. The average molecular weight is 332 g/mol. The number of hydrogen-bond acceptors (Lipinski definition) is 4. The highest BCUT2D eigenvalue weighted by Gasteiger charge is 2.30. The molecule has 7 nitrogen and oxygen atoms in total. The van der Waals surface area contributed by atoms with Crippen molar-refractivity contribution >= 4 is 11.9 Å². The minimum atomic E-state index is -0.895. The number of rotatable bonds is 3. The number of carbonyl (C=O) groups is 2. The third kappa shape index (κ3) is 3.12. The molecule has 8 heteroatoms. The van der Waals surface area contributed by atoms with Crippen molar-refractivity contribution in [2.24, 2.45) is 5.92 Å². The Kier molecular flexibility index (Phi) is 4.28. The molecule has 1 unspecified atom stereocenters. The number of hydrogen-bond donors (Lipinski definition) is 1. The maximum absolute atomic E-state index is 13.0. The van der Waals surface area contributed by atoms with Gasteiger partial charge in [-0.1, -0.05) is 0 Å². The fourth-order valence-corrected chi connectivity index (χ4v) is 2.81. The van der Waals surface area contributed by atoms with Gasteiger partial charge in [0.15, 0.2) is 0 Å². The first-order chi connectivity index (χ1) is 11.5. The summed E-state index contributed by atoms with van der Waals surface area (Å²) < 4.78 is 14.5. The standard InChI is InChI=1S/C16H17FN4O3/c1-10-18-14(19-21(10)13-6-4-12(17)5-7-13)15(22)20-8-2-3-11(9-20)16(23)24/h4-7,11H,2-3,8-9H2,1H3,(H,23,24). The summed E-state index contributed by atoms with van der Waals surface area (Å²) in [6.07, 6.45) is 1.20. The van der Waals surface area contributed by atoms with Gasteiger partial charge in [0, 0.05) is 13.1 Å². The lowest BCUT2D eigenvalue weighted by molar-refractivity contribution is -0.143. The summed E-state index contributed by atoms with van der Waals surface area (Å²) in [5.41, 5.74) is 0.600. The van der Waals surface area contributed by atoms with Crippen LogP contribution >= 0.6 is 0 Å². The monoisotopic (exact) mass is 332 g/mol. The molecule has 1 fully saturated rings. The molecule has 0 bridgehead atoms. The highest BCUT2D eigenvalue weighted by atomic mass is 19.1. The zero-order chi connectivity index (χ0) is 17.3. The van der Waals surface area contributed by atoms with E-state index in [9.17, 15) is 14.0 Å².